The fourth-order valence-electron chi connectivity index (χ4n) is 1.90. The molecule has 1 aromatic rings. The average Bonchev–Trinajstić information content (AvgIpc) is 2.39. The van der Waals surface area contributed by atoms with Gasteiger partial charge in [-0.05, 0) is 31.4 Å². The molecule has 0 saturated carbocycles. The molecule has 0 spiro atoms. The Hall–Kier alpha value is -1.42. The minimum absolute atomic E-state index is 0.0784. The Kier molecular flexibility index (Phi) is 4.84. The second-order valence-electron chi connectivity index (χ2n) is 4.58. The van der Waals surface area contributed by atoms with Gasteiger partial charge >= 0.3 is 0 Å². The molecule has 18 heavy (non-hydrogen) atoms. The molecule has 0 saturated heterocycles. The van der Waals surface area contributed by atoms with Crippen LogP contribution in [0.25, 0.3) is 0 Å². The van der Waals surface area contributed by atoms with Crippen molar-refractivity contribution in [2.24, 2.45) is 5.73 Å². The monoisotopic (exact) mass is 252 g/mol. The molecule has 100 valence electrons. The normalized spacial score (nSPS) is 11.4. The minimum atomic E-state index is -0.465. The number of halogens is 1. The van der Waals surface area contributed by atoms with Gasteiger partial charge in [0, 0.05) is 6.54 Å². The Labute approximate surface area is 108 Å². The lowest BCUT2D eigenvalue weighted by molar-refractivity contribution is 0.0891. The summed E-state index contributed by atoms with van der Waals surface area (Å²) in [4.78, 5) is 12.1. The van der Waals surface area contributed by atoms with E-state index in [1.165, 1.54) is 6.07 Å². The highest BCUT2D eigenvalue weighted by Gasteiger charge is 2.27. The maximum atomic E-state index is 13.8. The van der Waals surface area contributed by atoms with E-state index >= 15 is 0 Å². The smallest absolute Gasteiger partial charge is 0.254 e. The number of hydrogen-bond donors (Lipinski definition) is 2. The first-order valence-corrected chi connectivity index (χ1v) is 6.27. The fourth-order valence-corrected chi connectivity index (χ4v) is 1.90. The van der Waals surface area contributed by atoms with Crippen LogP contribution in [0.2, 0.25) is 0 Å². The van der Waals surface area contributed by atoms with E-state index in [4.69, 9.17) is 5.73 Å². The SMILES string of the molecule is CCC(CC)(CN)NC(=O)c1cccc(C)c1F. The fraction of sp³-hybridized carbons (Fsp3) is 0.500. The largest absolute Gasteiger partial charge is 0.345 e. The van der Waals surface area contributed by atoms with Crippen molar-refractivity contribution in [2.75, 3.05) is 6.54 Å². The number of carbonyl (C=O) groups is 1. The Morgan fingerprint density at radius 2 is 2.00 bits per heavy atom. The lowest BCUT2D eigenvalue weighted by Gasteiger charge is -2.31. The van der Waals surface area contributed by atoms with Crippen LogP contribution >= 0.6 is 0 Å². The van der Waals surface area contributed by atoms with Crippen LogP contribution in [-0.2, 0) is 0 Å². The van der Waals surface area contributed by atoms with Crippen LogP contribution in [-0.4, -0.2) is 18.0 Å². The zero-order valence-electron chi connectivity index (χ0n) is 11.2. The van der Waals surface area contributed by atoms with E-state index in [1.54, 1.807) is 19.1 Å². The molecule has 1 aromatic carbocycles. The lowest BCUT2D eigenvalue weighted by Crippen LogP contribution is -2.53. The second kappa shape index (κ2) is 5.96. The van der Waals surface area contributed by atoms with Crippen molar-refractivity contribution in [3.05, 3.63) is 35.1 Å². The Morgan fingerprint density at radius 3 is 2.50 bits per heavy atom. The molecule has 0 aliphatic carbocycles. The maximum Gasteiger partial charge on any atom is 0.254 e. The van der Waals surface area contributed by atoms with Gasteiger partial charge in [0.15, 0.2) is 0 Å². The molecule has 4 heteroatoms. The predicted octanol–water partition coefficient (Wildman–Crippen LogP) is 2.38. The maximum absolute atomic E-state index is 13.8. The van der Waals surface area contributed by atoms with Crippen molar-refractivity contribution in [1.29, 1.82) is 0 Å². The molecule has 0 bridgehead atoms. The summed E-state index contributed by atoms with van der Waals surface area (Å²) < 4.78 is 13.8. The number of nitrogens with one attached hydrogen (secondary N) is 1. The van der Waals surface area contributed by atoms with Gasteiger partial charge in [0.1, 0.15) is 5.82 Å². The molecule has 3 N–H and O–H groups in total. The molecule has 0 aliphatic heterocycles. The molecule has 1 amide bonds. The highest BCUT2D eigenvalue weighted by atomic mass is 19.1. The quantitative estimate of drug-likeness (QED) is 0.845. The second-order valence-corrected chi connectivity index (χ2v) is 4.58. The number of rotatable bonds is 5. The summed E-state index contributed by atoms with van der Waals surface area (Å²) in [5, 5.41) is 2.86. The average molecular weight is 252 g/mol. The Bertz CT molecular complexity index is 420. The third kappa shape index (κ3) is 2.88. The van der Waals surface area contributed by atoms with E-state index < -0.39 is 17.3 Å². The van der Waals surface area contributed by atoms with E-state index in [1.807, 2.05) is 13.8 Å². The first-order chi connectivity index (χ1) is 8.49. The number of nitrogens with two attached hydrogens (primary N) is 1. The van der Waals surface area contributed by atoms with Crippen LogP contribution in [0.3, 0.4) is 0 Å². The van der Waals surface area contributed by atoms with Gasteiger partial charge in [0.05, 0.1) is 11.1 Å². The standard InChI is InChI=1S/C14H21FN2O/c1-4-14(5-2,9-16)17-13(18)11-8-6-7-10(3)12(11)15/h6-8H,4-5,9,16H2,1-3H3,(H,17,18). The molecule has 1 rings (SSSR count). The van der Waals surface area contributed by atoms with Crippen molar-refractivity contribution < 1.29 is 9.18 Å². The summed E-state index contributed by atoms with van der Waals surface area (Å²) in [6.07, 6.45) is 1.44. The van der Waals surface area contributed by atoms with Crippen molar-refractivity contribution in [2.45, 2.75) is 39.2 Å². The van der Waals surface area contributed by atoms with Gasteiger partial charge in [0.25, 0.3) is 5.91 Å². The first kappa shape index (κ1) is 14.6. The number of amides is 1. The molecule has 0 atom stereocenters. The van der Waals surface area contributed by atoms with Gasteiger partial charge in [-0.25, -0.2) is 4.39 Å². The summed E-state index contributed by atoms with van der Waals surface area (Å²) in [6, 6.07) is 4.81. The van der Waals surface area contributed by atoms with Crippen LogP contribution in [0.5, 0.6) is 0 Å². The van der Waals surface area contributed by atoms with E-state index in [0.29, 0.717) is 12.1 Å². The van der Waals surface area contributed by atoms with Gasteiger partial charge in [-0.3, -0.25) is 4.79 Å². The van der Waals surface area contributed by atoms with Gasteiger partial charge < -0.3 is 11.1 Å². The van der Waals surface area contributed by atoms with Gasteiger partial charge in [-0.15, -0.1) is 0 Å². The molecular formula is C14H21FN2O. The van der Waals surface area contributed by atoms with E-state index in [2.05, 4.69) is 5.32 Å². The summed E-state index contributed by atoms with van der Waals surface area (Å²) in [5.74, 6) is -0.863. The van der Waals surface area contributed by atoms with Crippen LogP contribution < -0.4 is 11.1 Å². The van der Waals surface area contributed by atoms with E-state index in [0.717, 1.165) is 12.8 Å². The highest BCUT2D eigenvalue weighted by Crippen LogP contribution is 2.17. The topological polar surface area (TPSA) is 55.1 Å². The number of carbonyl (C=O) groups excluding carboxylic acids is 1. The molecule has 0 aliphatic rings. The highest BCUT2D eigenvalue weighted by molar-refractivity contribution is 5.95. The molecular weight excluding hydrogens is 231 g/mol. The van der Waals surface area contributed by atoms with Crippen LogP contribution in [0.15, 0.2) is 18.2 Å². The number of hydrogen-bond acceptors (Lipinski definition) is 2. The van der Waals surface area contributed by atoms with Gasteiger partial charge in [0.2, 0.25) is 0 Å². The Balaban J connectivity index is 2.98. The number of aryl methyl sites for hydroxylation is 1. The molecule has 0 heterocycles. The summed E-state index contributed by atoms with van der Waals surface area (Å²) >= 11 is 0. The van der Waals surface area contributed by atoms with Crippen LogP contribution in [0, 0.1) is 12.7 Å². The first-order valence-electron chi connectivity index (χ1n) is 6.27. The Morgan fingerprint density at radius 1 is 1.39 bits per heavy atom. The van der Waals surface area contributed by atoms with Crippen LogP contribution in [0.1, 0.15) is 42.6 Å². The molecule has 0 aromatic heterocycles. The summed E-state index contributed by atoms with van der Waals surface area (Å²) in [7, 11) is 0. The minimum Gasteiger partial charge on any atom is -0.345 e. The molecule has 0 unspecified atom stereocenters. The third-order valence-corrected chi connectivity index (χ3v) is 3.56. The van der Waals surface area contributed by atoms with E-state index in [9.17, 15) is 9.18 Å². The molecule has 3 nitrogen and oxygen atoms in total. The van der Waals surface area contributed by atoms with Crippen LogP contribution in [0.4, 0.5) is 4.39 Å². The van der Waals surface area contributed by atoms with Gasteiger partial charge in [-0.2, -0.15) is 0 Å². The van der Waals surface area contributed by atoms with E-state index in [-0.39, 0.29) is 5.56 Å². The molecule has 0 fully saturated rings. The summed E-state index contributed by atoms with van der Waals surface area (Å²) in [6.45, 7) is 5.91. The van der Waals surface area contributed by atoms with Gasteiger partial charge in [-0.1, -0.05) is 26.0 Å². The molecule has 0 radical (unpaired) electrons. The zero-order valence-corrected chi connectivity index (χ0v) is 11.2. The van der Waals surface area contributed by atoms with Crippen molar-refractivity contribution in [3.63, 3.8) is 0 Å². The number of benzene rings is 1. The third-order valence-electron chi connectivity index (χ3n) is 3.56. The zero-order chi connectivity index (χ0) is 13.8. The predicted molar refractivity (Wildman–Crippen MR) is 71.0 cm³/mol. The lowest BCUT2D eigenvalue weighted by atomic mass is 9.92. The van der Waals surface area contributed by atoms with Crippen molar-refractivity contribution in [3.8, 4) is 0 Å². The summed E-state index contributed by atoms with van der Waals surface area (Å²) in [5.41, 5.74) is 5.81. The van der Waals surface area contributed by atoms with Crippen molar-refractivity contribution in [1.82, 2.24) is 5.32 Å². The van der Waals surface area contributed by atoms with Crippen molar-refractivity contribution >= 4 is 5.91 Å².